The van der Waals surface area contributed by atoms with Crippen molar-refractivity contribution in [3.05, 3.63) is 23.9 Å². The fraction of sp³-hybridized carbons (Fsp3) is 0.667. The fourth-order valence-electron chi connectivity index (χ4n) is 2.59. The van der Waals surface area contributed by atoms with Crippen LogP contribution in [-0.4, -0.2) is 40.0 Å². The number of hydrogen-bond donors (Lipinski definition) is 1. The summed E-state index contributed by atoms with van der Waals surface area (Å²) >= 11 is 2.10. The van der Waals surface area contributed by atoms with Gasteiger partial charge in [0.1, 0.15) is 5.82 Å². The van der Waals surface area contributed by atoms with Crippen LogP contribution in [0.1, 0.15) is 32.8 Å². The highest BCUT2D eigenvalue weighted by atomic mass is 32.2. The first-order chi connectivity index (χ1) is 9.17. The van der Waals surface area contributed by atoms with Gasteiger partial charge in [-0.3, -0.25) is 4.90 Å². The van der Waals surface area contributed by atoms with Crippen LogP contribution < -0.4 is 5.32 Å². The van der Waals surface area contributed by atoms with E-state index >= 15 is 0 Å². The SMILES string of the molecule is CCCNc1cc(CN2CC(C)SC(C)C2)ccn1. The van der Waals surface area contributed by atoms with Crippen LogP contribution in [0, 0.1) is 0 Å². The van der Waals surface area contributed by atoms with Crippen LogP contribution in [0.4, 0.5) is 5.82 Å². The average molecular weight is 279 g/mol. The molecule has 1 aromatic rings. The monoisotopic (exact) mass is 279 g/mol. The van der Waals surface area contributed by atoms with Crippen LogP contribution in [-0.2, 0) is 6.54 Å². The highest BCUT2D eigenvalue weighted by Gasteiger charge is 2.22. The van der Waals surface area contributed by atoms with Gasteiger partial charge >= 0.3 is 0 Å². The summed E-state index contributed by atoms with van der Waals surface area (Å²) in [7, 11) is 0. The molecule has 2 atom stereocenters. The van der Waals surface area contributed by atoms with E-state index in [0.29, 0.717) is 0 Å². The highest BCUT2D eigenvalue weighted by Crippen LogP contribution is 2.25. The predicted molar refractivity (Wildman–Crippen MR) is 84.8 cm³/mol. The number of rotatable bonds is 5. The Labute approximate surface area is 121 Å². The molecule has 1 saturated heterocycles. The van der Waals surface area contributed by atoms with Gasteiger partial charge in [-0.2, -0.15) is 11.8 Å². The topological polar surface area (TPSA) is 28.2 Å². The van der Waals surface area contributed by atoms with Gasteiger partial charge in [-0.1, -0.05) is 20.8 Å². The Hall–Kier alpha value is -0.740. The maximum Gasteiger partial charge on any atom is 0.126 e. The summed E-state index contributed by atoms with van der Waals surface area (Å²) in [6, 6.07) is 4.32. The van der Waals surface area contributed by atoms with E-state index in [1.165, 1.54) is 18.7 Å². The van der Waals surface area contributed by atoms with Gasteiger partial charge in [-0.05, 0) is 24.1 Å². The van der Waals surface area contributed by atoms with E-state index in [2.05, 4.69) is 59.9 Å². The van der Waals surface area contributed by atoms with Crippen LogP contribution in [0.3, 0.4) is 0 Å². The molecule has 4 heteroatoms. The van der Waals surface area contributed by atoms with Crippen molar-refractivity contribution in [3.63, 3.8) is 0 Å². The third-order valence-corrected chi connectivity index (χ3v) is 4.51. The molecule has 106 valence electrons. The molecule has 1 aliphatic heterocycles. The molecule has 1 aliphatic rings. The largest absolute Gasteiger partial charge is 0.370 e. The molecule has 1 aromatic heterocycles. The van der Waals surface area contributed by atoms with Gasteiger partial charge < -0.3 is 5.32 Å². The lowest BCUT2D eigenvalue weighted by molar-refractivity contribution is 0.263. The van der Waals surface area contributed by atoms with E-state index in [9.17, 15) is 0 Å². The first-order valence-electron chi connectivity index (χ1n) is 7.24. The molecular weight excluding hydrogens is 254 g/mol. The predicted octanol–water partition coefficient (Wildman–Crippen LogP) is 3.23. The van der Waals surface area contributed by atoms with Gasteiger partial charge in [0.25, 0.3) is 0 Å². The molecule has 0 aromatic carbocycles. The standard InChI is InChI=1S/C15H25N3S/c1-4-6-16-15-8-14(5-7-17-15)11-18-9-12(2)19-13(3)10-18/h5,7-8,12-13H,4,6,9-11H2,1-3H3,(H,16,17). The molecule has 2 rings (SSSR count). The van der Waals surface area contributed by atoms with E-state index in [4.69, 9.17) is 0 Å². The summed E-state index contributed by atoms with van der Waals surface area (Å²) in [5.41, 5.74) is 1.36. The second-order valence-electron chi connectivity index (χ2n) is 5.43. The lowest BCUT2D eigenvalue weighted by Crippen LogP contribution is -2.39. The summed E-state index contributed by atoms with van der Waals surface area (Å²) in [5.74, 6) is 1.01. The second-order valence-corrected chi connectivity index (χ2v) is 7.31. The van der Waals surface area contributed by atoms with Crippen LogP contribution in [0.25, 0.3) is 0 Å². The maximum absolute atomic E-state index is 4.37. The van der Waals surface area contributed by atoms with Gasteiger partial charge in [-0.15, -0.1) is 0 Å². The highest BCUT2D eigenvalue weighted by molar-refractivity contribution is 8.00. The molecule has 0 amide bonds. The van der Waals surface area contributed by atoms with Crippen LogP contribution in [0.5, 0.6) is 0 Å². The lowest BCUT2D eigenvalue weighted by Gasteiger charge is -2.34. The fourth-order valence-corrected chi connectivity index (χ4v) is 3.98. The molecule has 0 saturated carbocycles. The maximum atomic E-state index is 4.37. The zero-order valence-corrected chi connectivity index (χ0v) is 13.0. The minimum Gasteiger partial charge on any atom is -0.370 e. The Bertz CT molecular complexity index is 387. The number of pyridine rings is 1. The molecule has 1 fully saturated rings. The number of anilines is 1. The Kier molecular flexibility index (Phi) is 5.52. The molecule has 2 heterocycles. The first kappa shape index (κ1) is 14.7. The van der Waals surface area contributed by atoms with E-state index < -0.39 is 0 Å². The van der Waals surface area contributed by atoms with Crippen molar-refractivity contribution in [2.24, 2.45) is 0 Å². The van der Waals surface area contributed by atoms with Gasteiger partial charge in [-0.25, -0.2) is 4.98 Å². The minimum absolute atomic E-state index is 0.739. The molecule has 1 N–H and O–H groups in total. The summed E-state index contributed by atoms with van der Waals surface area (Å²) < 4.78 is 0. The van der Waals surface area contributed by atoms with Crippen molar-refractivity contribution in [1.29, 1.82) is 0 Å². The minimum atomic E-state index is 0.739. The smallest absolute Gasteiger partial charge is 0.126 e. The second kappa shape index (κ2) is 7.15. The Morgan fingerprint density at radius 3 is 2.79 bits per heavy atom. The molecule has 19 heavy (non-hydrogen) atoms. The number of nitrogens with one attached hydrogen (secondary N) is 1. The zero-order valence-electron chi connectivity index (χ0n) is 12.2. The Morgan fingerprint density at radius 1 is 1.37 bits per heavy atom. The normalized spacial score (nSPS) is 24.4. The van der Waals surface area contributed by atoms with Crippen molar-refractivity contribution in [2.45, 2.75) is 44.2 Å². The lowest BCUT2D eigenvalue weighted by atomic mass is 10.2. The molecule has 0 spiro atoms. The van der Waals surface area contributed by atoms with Crippen molar-refractivity contribution in [2.75, 3.05) is 25.0 Å². The number of nitrogens with zero attached hydrogens (tertiary/aromatic N) is 2. The summed E-state index contributed by atoms with van der Waals surface area (Å²) in [5, 5.41) is 4.83. The summed E-state index contributed by atoms with van der Waals surface area (Å²) in [6.45, 7) is 11.2. The number of hydrogen-bond acceptors (Lipinski definition) is 4. The third-order valence-electron chi connectivity index (χ3n) is 3.28. The van der Waals surface area contributed by atoms with Gasteiger partial charge in [0.05, 0.1) is 0 Å². The van der Waals surface area contributed by atoms with E-state index in [1.807, 2.05) is 6.20 Å². The first-order valence-corrected chi connectivity index (χ1v) is 8.18. The van der Waals surface area contributed by atoms with Crippen molar-refractivity contribution < 1.29 is 0 Å². The molecule has 3 nitrogen and oxygen atoms in total. The van der Waals surface area contributed by atoms with Gasteiger partial charge in [0, 0.05) is 42.9 Å². The van der Waals surface area contributed by atoms with E-state index in [-0.39, 0.29) is 0 Å². The molecular formula is C15H25N3S. The van der Waals surface area contributed by atoms with Crippen LogP contribution in [0.2, 0.25) is 0 Å². The molecule has 0 bridgehead atoms. The van der Waals surface area contributed by atoms with Gasteiger partial charge in [0.2, 0.25) is 0 Å². The molecule has 0 aliphatic carbocycles. The van der Waals surface area contributed by atoms with Crippen molar-refractivity contribution >= 4 is 17.6 Å². The quantitative estimate of drug-likeness (QED) is 0.895. The van der Waals surface area contributed by atoms with Crippen LogP contribution in [0.15, 0.2) is 18.3 Å². The third kappa shape index (κ3) is 4.69. The van der Waals surface area contributed by atoms with Crippen LogP contribution >= 0.6 is 11.8 Å². The zero-order chi connectivity index (χ0) is 13.7. The molecule has 0 radical (unpaired) electrons. The number of thioether (sulfide) groups is 1. The molecule has 2 unspecified atom stereocenters. The Morgan fingerprint density at radius 2 is 2.11 bits per heavy atom. The average Bonchev–Trinajstić information content (AvgIpc) is 2.35. The van der Waals surface area contributed by atoms with E-state index in [0.717, 1.165) is 35.8 Å². The van der Waals surface area contributed by atoms with Crippen molar-refractivity contribution in [3.8, 4) is 0 Å². The Balaban J connectivity index is 1.94. The summed E-state index contributed by atoms with van der Waals surface area (Å²) in [6.07, 6.45) is 3.04. The van der Waals surface area contributed by atoms with Crippen molar-refractivity contribution in [1.82, 2.24) is 9.88 Å². The summed E-state index contributed by atoms with van der Waals surface area (Å²) in [4.78, 5) is 6.93. The van der Waals surface area contributed by atoms with E-state index in [1.54, 1.807) is 0 Å². The number of aromatic nitrogens is 1. The van der Waals surface area contributed by atoms with Gasteiger partial charge in [0.15, 0.2) is 0 Å².